The Bertz CT molecular complexity index is 2430. The number of hydrogen-bond donors (Lipinski definition) is 3. The molecule has 330 valence electrons. The van der Waals surface area contributed by atoms with E-state index in [4.69, 9.17) is 14.2 Å². The van der Waals surface area contributed by atoms with Crippen molar-refractivity contribution in [2.75, 3.05) is 79.5 Å². The Kier molecular flexibility index (Phi) is 12.6. The smallest absolute Gasteiger partial charge is 0.328 e. The minimum absolute atomic E-state index is 0.0580. The molecule has 0 saturated carbocycles. The summed E-state index contributed by atoms with van der Waals surface area (Å²) in [6.45, 7) is 17.0. The molecule has 3 aromatic heterocycles. The number of ether oxygens (including phenoxy) is 1. The topological polar surface area (TPSA) is 187 Å². The third-order valence-electron chi connectivity index (χ3n) is 12.1. The van der Waals surface area contributed by atoms with Crippen LogP contribution in [0.2, 0.25) is 0 Å². The highest BCUT2D eigenvalue weighted by Gasteiger charge is 2.28. The Morgan fingerprint density at radius 3 is 2.32 bits per heavy atom. The molecule has 3 fully saturated rings. The first-order valence-corrected chi connectivity index (χ1v) is 21.6. The lowest BCUT2D eigenvalue weighted by atomic mass is 9.95. The Morgan fingerprint density at radius 2 is 1.63 bits per heavy atom. The largest absolute Gasteiger partial charge is 0.479 e. The SMILES string of the molecule is COc1nc(Nc2cc(-c3ccc([C@@H](C)NC(=O)c4nc(C(C)(C)C)no4)c(C)c3)ncn2)ccc1N1CCN(CC2CCN(c3ccc(N4CCC(=O)NC4=O)cc3)CC2)CC1. The van der Waals surface area contributed by atoms with Crippen LogP contribution in [0.15, 0.2) is 71.5 Å². The normalized spacial score (nSPS) is 17.1. The summed E-state index contributed by atoms with van der Waals surface area (Å²) in [5, 5.41) is 12.7. The van der Waals surface area contributed by atoms with Crippen molar-refractivity contribution in [3.63, 3.8) is 0 Å². The summed E-state index contributed by atoms with van der Waals surface area (Å²) in [7, 11) is 1.65. The van der Waals surface area contributed by atoms with Crippen molar-refractivity contribution < 1.29 is 23.6 Å². The van der Waals surface area contributed by atoms with Gasteiger partial charge < -0.3 is 29.7 Å². The predicted octanol–water partition coefficient (Wildman–Crippen LogP) is 6.26. The van der Waals surface area contributed by atoms with E-state index in [0.29, 0.717) is 42.2 Å². The molecule has 0 unspecified atom stereocenters. The van der Waals surface area contributed by atoms with Gasteiger partial charge in [-0.15, -0.1) is 0 Å². The van der Waals surface area contributed by atoms with E-state index in [2.05, 4.69) is 69.0 Å². The maximum Gasteiger partial charge on any atom is 0.328 e. The summed E-state index contributed by atoms with van der Waals surface area (Å²) in [5.41, 5.74) is 6.20. The number of hydrogen-bond acceptors (Lipinski definition) is 14. The highest BCUT2D eigenvalue weighted by Crippen LogP contribution is 2.32. The maximum absolute atomic E-state index is 12.9. The third-order valence-corrected chi connectivity index (χ3v) is 12.1. The molecule has 3 saturated heterocycles. The standard InChI is InChI=1S/C46H56N12O5/c1-29-25-32(7-12-35(29)30(2)49-41(60)43-53-44(54-63-43)46(3,4)5)36-26-39(48-28-47-36)50-38-14-13-37(42(51-38)62-6)57-23-21-55(22-24-57)27-31-15-18-56(19-16-31)33-8-10-34(11-9-33)58-20-17-40(59)52-45(58)61/h7-14,25-26,28,30-31H,15-24,27H2,1-6H3,(H,49,60)(H,52,59,61)(H,47,48,50,51)/t30-/m1/s1. The van der Waals surface area contributed by atoms with Gasteiger partial charge in [-0.05, 0) is 86.2 Å². The van der Waals surface area contributed by atoms with Crippen LogP contribution in [0.3, 0.4) is 0 Å². The number of urea groups is 1. The molecule has 4 amide bonds. The molecule has 63 heavy (non-hydrogen) atoms. The summed E-state index contributed by atoms with van der Waals surface area (Å²) in [6.07, 6.45) is 4.11. The molecule has 1 atom stereocenters. The second-order valence-corrected chi connectivity index (χ2v) is 17.6. The average molecular weight is 857 g/mol. The highest BCUT2D eigenvalue weighted by atomic mass is 16.5. The molecule has 0 aliphatic carbocycles. The lowest BCUT2D eigenvalue weighted by Gasteiger charge is -2.40. The van der Waals surface area contributed by atoms with E-state index in [9.17, 15) is 14.4 Å². The minimum Gasteiger partial charge on any atom is -0.479 e. The number of piperidine rings is 1. The third kappa shape index (κ3) is 10.0. The molecule has 3 aliphatic heterocycles. The number of aromatic nitrogens is 5. The molecule has 5 aromatic rings. The van der Waals surface area contributed by atoms with Crippen LogP contribution < -0.4 is 35.4 Å². The summed E-state index contributed by atoms with van der Waals surface area (Å²) in [5.74, 6) is 2.18. The van der Waals surface area contributed by atoms with Crippen molar-refractivity contribution in [3.05, 3.63) is 89.8 Å². The van der Waals surface area contributed by atoms with Crippen molar-refractivity contribution in [1.82, 2.24) is 40.6 Å². The van der Waals surface area contributed by atoms with E-state index >= 15 is 0 Å². The van der Waals surface area contributed by atoms with Crippen molar-refractivity contribution in [3.8, 4) is 17.1 Å². The zero-order valence-corrected chi connectivity index (χ0v) is 36.8. The molecule has 2 aromatic carbocycles. The molecule has 3 aliphatic rings. The summed E-state index contributed by atoms with van der Waals surface area (Å²) >= 11 is 0. The van der Waals surface area contributed by atoms with E-state index in [0.717, 1.165) is 98.1 Å². The van der Waals surface area contributed by atoms with Crippen LogP contribution in [-0.4, -0.2) is 107 Å². The van der Waals surface area contributed by atoms with Crippen molar-refractivity contribution in [2.24, 2.45) is 5.92 Å². The second-order valence-electron chi connectivity index (χ2n) is 17.6. The zero-order chi connectivity index (χ0) is 44.3. The molecule has 0 radical (unpaired) electrons. The second kappa shape index (κ2) is 18.4. The molecular formula is C46H56N12O5. The van der Waals surface area contributed by atoms with Crippen LogP contribution in [0.25, 0.3) is 11.3 Å². The van der Waals surface area contributed by atoms with Crippen LogP contribution in [0.1, 0.15) is 80.6 Å². The van der Waals surface area contributed by atoms with Crippen LogP contribution >= 0.6 is 0 Å². The number of benzene rings is 2. The number of rotatable bonds is 12. The number of carbonyl (C=O) groups excluding carboxylic acids is 3. The van der Waals surface area contributed by atoms with Gasteiger partial charge in [-0.25, -0.2) is 14.8 Å². The Balaban J connectivity index is 0.812. The highest BCUT2D eigenvalue weighted by molar-refractivity contribution is 6.05. The van der Waals surface area contributed by atoms with Gasteiger partial charge in [-0.3, -0.25) is 24.7 Å². The van der Waals surface area contributed by atoms with Gasteiger partial charge in [0.25, 0.3) is 0 Å². The molecule has 17 heteroatoms. The van der Waals surface area contributed by atoms with Gasteiger partial charge in [-0.2, -0.15) is 9.97 Å². The van der Waals surface area contributed by atoms with E-state index in [1.807, 2.05) is 77.1 Å². The molecule has 0 bridgehead atoms. The molecule has 0 spiro atoms. The van der Waals surface area contributed by atoms with Crippen LogP contribution in [0.4, 0.5) is 33.5 Å². The number of anilines is 5. The van der Waals surface area contributed by atoms with Gasteiger partial charge >= 0.3 is 17.8 Å². The van der Waals surface area contributed by atoms with Gasteiger partial charge in [0.15, 0.2) is 5.82 Å². The van der Waals surface area contributed by atoms with Gasteiger partial charge in [0, 0.05) is 87.2 Å². The zero-order valence-electron chi connectivity index (χ0n) is 36.8. The quantitative estimate of drug-likeness (QED) is 0.128. The van der Waals surface area contributed by atoms with E-state index in [-0.39, 0.29) is 29.3 Å². The number of carbonyl (C=O) groups is 3. The fourth-order valence-corrected chi connectivity index (χ4v) is 8.45. The number of pyridine rings is 1. The number of nitrogens with zero attached hydrogens (tertiary/aromatic N) is 9. The first kappa shape index (κ1) is 43.0. The maximum atomic E-state index is 12.9. The van der Waals surface area contributed by atoms with Gasteiger partial charge in [0.2, 0.25) is 11.8 Å². The van der Waals surface area contributed by atoms with Gasteiger partial charge in [-0.1, -0.05) is 38.1 Å². The Morgan fingerprint density at radius 1 is 0.889 bits per heavy atom. The summed E-state index contributed by atoms with van der Waals surface area (Å²) < 4.78 is 11.0. The first-order valence-electron chi connectivity index (χ1n) is 21.6. The Labute approximate surface area is 367 Å². The number of amides is 4. The predicted molar refractivity (Wildman–Crippen MR) is 241 cm³/mol. The molecular weight excluding hydrogens is 801 g/mol. The van der Waals surface area contributed by atoms with Crippen molar-refractivity contribution in [1.29, 1.82) is 0 Å². The number of piperazine rings is 1. The average Bonchev–Trinajstić information content (AvgIpc) is 3.80. The van der Waals surface area contributed by atoms with Gasteiger partial charge in [0.1, 0.15) is 23.7 Å². The van der Waals surface area contributed by atoms with Crippen molar-refractivity contribution >= 4 is 46.5 Å². The number of nitrogens with one attached hydrogen (secondary N) is 3. The number of aryl methyl sites for hydroxylation is 1. The van der Waals surface area contributed by atoms with Crippen molar-refractivity contribution in [2.45, 2.75) is 65.3 Å². The molecule has 3 N–H and O–H groups in total. The van der Waals surface area contributed by atoms with E-state index < -0.39 is 5.91 Å². The fraction of sp³-hybridized carbons (Fsp3) is 0.435. The van der Waals surface area contributed by atoms with E-state index in [1.54, 1.807) is 12.0 Å². The number of imide groups is 1. The monoisotopic (exact) mass is 856 g/mol. The van der Waals surface area contributed by atoms with Crippen LogP contribution in [0.5, 0.6) is 5.88 Å². The molecule has 8 rings (SSSR count). The summed E-state index contributed by atoms with van der Waals surface area (Å²) in [4.78, 5) is 63.7. The Hall–Kier alpha value is -6.62. The fourth-order valence-electron chi connectivity index (χ4n) is 8.45. The first-order chi connectivity index (χ1) is 30.3. The van der Waals surface area contributed by atoms with Crippen LogP contribution in [-0.2, 0) is 10.2 Å². The molecule has 17 nitrogen and oxygen atoms in total. The lowest BCUT2D eigenvalue weighted by Crippen LogP contribution is -2.49. The summed E-state index contributed by atoms with van der Waals surface area (Å²) in [6, 6.07) is 19.3. The lowest BCUT2D eigenvalue weighted by molar-refractivity contribution is -0.120. The van der Waals surface area contributed by atoms with Gasteiger partial charge in [0.05, 0.1) is 18.8 Å². The van der Waals surface area contributed by atoms with Crippen LogP contribution in [0, 0.1) is 12.8 Å². The minimum atomic E-state index is -0.420. The number of methoxy groups -OCH3 is 1. The molecule has 6 heterocycles. The van der Waals surface area contributed by atoms with E-state index in [1.165, 1.54) is 6.33 Å².